The summed E-state index contributed by atoms with van der Waals surface area (Å²) in [7, 11) is 0. The van der Waals surface area contributed by atoms with Gasteiger partial charge in [0.05, 0.1) is 17.6 Å². The predicted octanol–water partition coefficient (Wildman–Crippen LogP) is 3.37. The van der Waals surface area contributed by atoms with E-state index in [0.29, 0.717) is 17.0 Å². The standard InChI is InChI=1S/C18H14F2N4O3S/c1-9-6-22-14(7-21-9)17(26)27-10(2)16(25)24-18-23-15(8-28-18)11-3-4-12(19)13(20)5-11/h3-8,10H,1-2H3,(H,23,24,25)/t10-/m0/s1. The SMILES string of the molecule is Cc1cnc(C(=O)O[C@@H](C)C(=O)Nc2nc(-c3ccc(F)c(F)c3)cs2)cn1. The van der Waals surface area contributed by atoms with Gasteiger partial charge in [-0.2, -0.15) is 0 Å². The molecule has 3 aromatic rings. The molecule has 0 aliphatic heterocycles. The third-order valence-corrected chi connectivity index (χ3v) is 4.35. The number of benzene rings is 1. The van der Waals surface area contributed by atoms with Crippen molar-refractivity contribution in [3.8, 4) is 11.3 Å². The summed E-state index contributed by atoms with van der Waals surface area (Å²) in [5.41, 5.74) is 1.37. The van der Waals surface area contributed by atoms with Gasteiger partial charge in [0.15, 0.2) is 28.6 Å². The van der Waals surface area contributed by atoms with Crippen molar-refractivity contribution >= 4 is 28.3 Å². The van der Waals surface area contributed by atoms with E-state index in [1.54, 1.807) is 12.3 Å². The molecule has 1 amide bonds. The van der Waals surface area contributed by atoms with Crippen molar-refractivity contribution in [1.82, 2.24) is 15.0 Å². The molecule has 3 rings (SSSR count). The molecule has 1 N–H and O–H groups in total. The minimum atomic E-state index is -1.11. The fraction of sp³-hybridized carbons (Fsp3) is 0.167. The average Bonchev–Trinajstić information content (AvgIpc) is 3.12. The van der Waals surface area contributed by atoms with Crippen LogP contribution in [-0.4, -0.2) is 32.9 Å². The normalized spacial score (nSPS) is 11.7. The van der Waals surface area contributed by atoms with Crippen molar-refractivity contribution in [3.63, 3.8) is 0 Å². The van der Waals surface area contributed by atoms with Crippen molar-refractivity contribution in [2.45, 2.75) is 20.0 Å². The molecular weight excluding hydrogens is 390 g/mol. The van der Waals surface area contributed by atoms with Crippen molar-refractivity contribution in [2.75, 3.05) is 5.32 Å². The zero-order valence-corrected chi connectivity index (χ0v) is 15.6. The first-order valence-corrected chi connectivity index (χ1v) is 8.93. The third kappa shape index (κ3) is 4.52. The molecule has 0 spiro atoms. The van der Waals surface area contributed by atoms with Gasteiger partial charge in [0.25, 0.3) is 5.91 Å². The Hall–Kier alpha value is -3.27. The molecule has 0 saturated heterocycles. The summed E-state index contributed by atoms with van der Waals surface area (Å²) in [6, 6.07) is 3.40. The van der Waals surface area contributed by atoms with Crippen molar-refractivity contribution < 1.29 is 23.1 Å². The Morgan fingerprint density at radius 3 is 2.64 bits per heavy atom. The molecule has 0 aliphatic rings. The number of hydrogen-bond donors (Lipinski definition) is 1. The third-order valence-electron chi connectivity index (χ3n) is 3.59. The zero-order valence-electron chi connectivity index (χ0n) is 14.8. The minimum absolute atomic E-state index is 0.0138. The fourth-order valence-corrected chi connectivity index (χ4v) is 2.82. The maximum Gasteiger partial charge on any atom is 0.359 e. The predicted molar refractivity (Wildman–Crippen MR) is 97.7 cm³/mol. The Kier molecular flexibility index (Phi) is 5.69. The molecule has 144 valence electrons. The molecule has 1 atom stereocenters. The highest BCUT2D eigenvalue weighted by Crippen LogP contribution is 2.26. The number of halogens is 2. The van der Waals surface area contributed by atoms with Gasteiger partial charge >= 0.3 is 5.97 Å². The molecule has 2 aromatic heterocycles. The van der Waals surface area contributed by atoms with Gasteiger partial charge < -0.3 is 4.74 Å². The number of nitrogens with one attached hydrogen (secondary N) is 1. The molecule has 7 nitrogen and oxygen atoms in total. The number of aryl methyl sites for hydroxylation is 1. The van der Waals surface area contributed by atoms with E-state index < -0.39 is 29.6 Å². The number of nitrogens with zero attached hydrogens (tertiary/aromatic N) is 3. The van der Waals surface area contributed by atoms with Gasteiger partial charge in [-0.05, 0) is 32.0 Å². The number of thiazole rings is 1. The monoisotopic (exact) mass is 404 g/mol. The fourth-order valence-electron chi connectivity index (χ4n) is 2.10. The lowest BCUT2D eigenvalue weighted by Crippen LogP contribution is -2.30. The van der Waals surface area contributed by atoms with Crippen LogP contribution in [0.25, 0.3) is 11.3 Å². The Bertz CT molecular complexity index is 1020. The van der Waals surface area contributed by atoms with Crippen LogP contribution in [0.15, 0.2) is 36.0 Å². The molecule has 0 unspecified atom stereocenters. The highest BCUT2D eigenvalue weighted by Gasteiger charge is 2.21. The first-order valence-electron chi connectivity index (χ1n) is 8.05. The summed E-state index contributed by atoms with van der Waals surface area (Å²) in [6.07, 6.45) is 1.57. The molecule has 0 bridgehead atoms. The lowest BCUT2D eigenvalue weighted by Gasteiger charge is -2.11. The molecule has 0 radical (unpaired) electrons. The largest absolute Gasteiger partial charge is 0.448 e. The maximum absolute atomic E-state index is 13.3. The molecule has 0 aliphatic carbocycles. The Morgan fingerprint density at radius 2 is 1.96 bits per heavy atom. The molecule has 2 heterocycles. The van der Waals surface area contributed by atoms with Crippen molar-refractivity contribution in [2.24, 2.45) is 0 Å². The second-order valence-electron chi connectivity index (χ2n) is 5.75. The van der Waals surface area contributed by atoms with Gasteiger partial charge in [0, 0.05) is 17.1 Å². The van der Waals surface area contributed by atoms with Gasteiger partial charge in [0.2, 0.25) is 0 Å². The van der Waals surface area contributed by atoms with Crippen LogP contribution < -0.4 is 5.32 Å². The molecule has 0 fully saturated rings. The Labute approximate surface area is 162 Å². The van der Waals surface area contributed by atoms with Gasteiger partial charge in [-0.25, -0.2) is 23.5 Å². The quantitative estimate of drug-likeness (QED) is 0.656. The van der Waals surface area contributed by atoms with E-state index >= 15 is 0 Å². The van der Waals surface area contributed by atoms with E-state index in [9.17, 15) is 18.4 Å². The Balaban J connectivity index is 1.62. The summed E-state index contributed by atoms with van der Waals surface area (Å²) >= 11 is 1.09. The van der Waals surface area contributed by atoms with E-state index in [-0.39, 0.29) is 10.8 Å². The van der Waals surface area contributed by atoms with Crippen LogP contribution in [-0.2, 0) is 9.53 Å². The van der Waals surface area contributed by atoms with E-state index in [0.717, 1.165) is 23.5 Å². The summed E-state index contributed by atoms with van der Waals surface area (Å²) in [6.45, 7) is 3.12. The van der Waals surface area contributed by atoms with E-state index in [1.807, 2.05) is 0 Å². The second-order valence-corrected chi connectivity index (χ2v) is 6.60. The van der Waals surface area contributed by atoms with Crippen LogP contribution in [0, 0.1) is 18.6 Å². The summed E-state index contributed by atoms with van der Waals surface area (Å²) in [5, 5.41) is 4.32. The first-order chi connectivity index (χ1) is 13.3. The van der Waals surface area contributed by atoms with Gasteiger partial charge in [-0.1, -0.05) is 0 Å². The van der Waals surface area contributed by atoms with Gasteiger partial charge in [0.1, 0.15) is 0 Å². The lowest BCUT2D eigenvalue weighted by atomic mass is 10.2. The smallest absolute Gasteiger partial charge is 0.359 e. The van der Waals surface area contributed by atoms with Crippen LogP contribution in [0.3, 0.4) is 0 Å². The number of rotatable bonds is 5. The number of esters is 1. The number of hydrogen-bond acceptors (Lipinski definition) is 7. The zero-order chi connectivity index (χ0) is 20.3. The number of carbonyl (C=O) groups is 2. The molecular formula is C18H14F2N4O3S. The van der Waals surface area contributed by atoms with Crippen LogP contribution in [0.1, 0.15) is 23.1 Å². The maximum atomic E-state index is 13.3. The lowest BCUT2D eigenvalue weighted by molar-refractivity contribution is -0.123. The van der Waals surface area contributed by atoms with Crippen molar-refractivity contribution in [1.29, 1.82) is 0 Å². The van der Waals surface area contributed by atoms with Gasteiger partial charge in [-0.15, -0.1) is 11.3 Å². The van der Waals surface area contributed by atoms with E-state index in [2.05, 4.69) is 20.3 Å². The minimum Gasteiger partial charge on any atom is -0.448 e. The molecule has 28 heavy (non-hydrogen) atoms. The van der Waals surface area contributed by atoms with Gasteiger partial charge in [-0.3, -0.25) is 15.1 Å². The van der Waals surface area contributed by atoms with Crippen LogP contribution in [0.4, 0.5) is 13.9 Å². The molecule has 10 heteroatoms. The number of amides is 1. The number of anilines is 1. The second kappa shape index (κ2) is 8.17. The average molecular weight is 404 g/mol. The van der Waals surface area contributed by atoms with Crippen LogP contribution in [0.5, 0.6) is 0 Å². The number of aromatic nitrogens is 3. The van der Waals surface area contributed by atoms with E-state index in [4.69, 9.17) is 4.74 Å². The summed E-state index contributed by atoms with van der Waals surface area (Å²) in [4.78, 5) is 36.2. The van der Waals surface area contributed by atoms with Crippen LogP contribution in [0.2, 0.25) is 0 Å². The highest BCUT2D eigenvalue weighted by atomic mass is 32.1. The topological polar surface area (TPSA) is 94.1 Å². The van der Waals surface area contributed by atoms with Crippen molar-refractivity contribution in [3.05, 3.63) is 59.0 Å². The summed E-state index contributed by atoms with van der Waals surface area (Å²) in [5.74, 6) is -3.33. The first kappa shape index (κ1) is 19.5. The number of carbonyl (C=O) groups excluding carboxylic acids is 2. The molecule has 1 aromatic carbocycles. The number of ether oxygens (including phenoxy) is 1. The Morgan fingerprint density at radius 1 is 1.18 bits per heavy atom. The molecule has 0 saturated carbocycles. The highest BCUT2D eigenvalue weighted by molar-refractivity contribution is 7.14. The van der Waals surface area contributed by atoms with E-state index in [1.165, 1.54) is 25.4 Å². The van der Waals surface area contributed by atoms with Crippen LogP contribution >= 0.6 is 11.3 Å². The summed E-state index contributed by atoms with van der Waals surface area (Å²) < 4.78 is 31.4.